The van der Waals surface area contributed by atoms with Gasteiger partial charge in [0.2, 0.25) is 0 Å². The lowest BCUT2D eigenvalue weighted by atomic mass is 10.1. The SMILES string of the molecule is CSc1ccccc1Nc1nc(N2C[C@H](O)[C@@H](O)C2)cc(C(F)(F)F)c1C#N. The number of aromatic nitrogens is 1. The van der Waals surface area contributed by atoms with Crippen LogP contribution in [0.15, 0.2) is 35.2 Å². The third-order valence-electron chi connectivity index (χ3n) is 4.37. The van der Waals surface area contributed by atoms with E-state index in [0.717, 1.165) is 11.0 Å². The molecule has 1 aliphatic rings. The molecule has 148 valence electrons. The first-order valence-electron chi connectivity index (χ1n) is 8.28. The molecule has 2 heterocycles. The molecule has 1 fully saturated rings. The average molecular weight is 410 g/mol. The van der Waals surface area contributed by atoms with Crippen LogP contribution < -0.4 is 10.2 Å². The number of nitriles is 1. The quantitative estimate of drug-likeness (QED) is 0.668. The summed E-state index contributed by atoms with van der Waals surface area (Å²) in [5.41, 5.74) is -1.22. The number of nitrogens with one attached hydrogen (secondary N) is 1. The maximum absolute atomic E-state index is 13.6. The Bertz CT molecular complexity index is 907. The number of thioether (sulfide) groups is 1. The zero-order chi connectivity index (χ0) is 20.5. The summed E-state index contributed by atoms with van der Waals surface area (Å²) in [6.45, 7) is -0.115. The van der Waals surface area contributed by atoms with E-state index < -0.39 is 29.5 Å². The molecule has 2 aromatic rings. The number of aliphatic hydroxyl groups is 2. The van der Waals surface area contributed by atoms with E-state index in [1.807, 2.05) is 6.26 Å². The van der Waals surface area contributed by atoms with Crippen molar-refractivity contribution >= 4 is 29.1 Å². The van der Waals surface area contributed by atoms with Crippen molar-refractivity contribution in [1.29, 1.82) is 5.26 Å². The second kappa shape index (κ2) is 7.87. The standard InChI is InChI=1S/C18H17F3N4O2S/c1-28-15-5-3-2-4-12(15)23-17-10(7-22)11(18(19,20)21)6-16(24-17)25-8-13(26)14(27)9-25/h2-6,13-14,26-27H,8-9H2,1H3,(H,23,24)/t13-,14-/m0/s1. The zero-order valence-electron chi connectivity index (χ0n) is 14.7. The van der Waals surface area contributed by atoms with Crippen LogP contribution in [0.2, 0.25) is 0 Å². The number of β-amino-alcohol motifs (C(OH)–C–C–N with tert-alkyl or cyclic N) is 2. The first kappa shape index (κ1) is 20.3. The van der Waals surface area contributed by atoms with Gasteiger partial charge in [-0.15, -0.1) is 11.8 Å². The largest absolute Gasteiger partial charge is 0.417 e. The lowest BCUT2D eigenvalue weighted by molar-refractivity contribution is -0.137. The number of hydrogen-bond donors (Lipinski definition) is 3. The summed E-state index contributed by atoms with van der Waals surface area (Å²) >= 11 is 1.40. The number of aliphatic hydroxyl groups excluding tert-OH is 2. The fraction of sp³-hybridized carbons (Fsp3) is 0.333. The van der Waals surface area contributed by atoms with Gasteiger partial charge in [-0.3, -0.25) is 0 Å². The van der Waals surface area contributed by atoms with Crippen LogP contribution in [-0.4, -0.2) is 46.8 Å². The maximum Gasteiger partial charge on any atom is 0.417 e. The van der Waals surface area contributed by atoms with E-state index in [9.17, 15) is 28.6 Å². The Labute approximate surface area is 163 Å². The molecule has 1 aromatic heterocycles. The van der Waals surface area contributed by atoms with Crippen LogP contribution in [0.4, 0.5) is 30.5 Å². The summed E-state index contributed by atoms with van der Waals surface area (Å²) < 4.78 is 40.8. The first-order chi connectivity index (χ1) is 13.2. The Balaban J connectivity index is 2.12. The van der Waals surface area contributed by atoms with E-state index in [1.165, 1.54) is 16.7 Å². The van der Waals surface area contributed by atoms with Crippen LogP contribution in [-0.2, 0) is 6.18 Å². The summed E-state index contributed by atoms with van der Waals surface area (Å²) in [7, 11) is 0. The van der Waals surface area contributed by atoms with Crippen LogP contribution in [0.1, 0.15) is 11.1 Å². The summed E-state index contributed by atoms with van der Waals surface area (Å²) in [6, 6.07) is 9.35. The van der Waals surface area contributed by atoms with Gasteiger partial charge in [-0.25, -0.2) is 4.98 Å². The number of benzene rings is 1. The van der Waals surface area contributed by atoms with Gasteiger partial charge in [0, 0.05) is 18.0 Å². The van der Waals surface area contributed by atoms with E-state index in [4.69, 9.17) is 0 Å². The van der Waals surface area contributed by atoms with Gasteiger partial charge >= 0.3 is 6.18 Å². The van der Waals surface area contributed by atoms with Crippen molar-refractivity contribution in [2.75, 3.05) is 29.6 Å². The molecule has 0 amide bonds. The highest BCUT2D eigenvalue weighted by molar-refractivity contribution is 7.98. The number of anilines is 3. The highest BCUT2D eigenvalue weighted by atomic mass is 32.2. The van der Waals surface area contributed by atoms with Crippen LogP contribution >= 0.6 is 11.8 Å². The van der Waals surface area contributed by atoms with Crippen molar-refractivity contribution < 1.29 is 23.4 Å². The Morgan fingerprint density at radius 1 is 1.25 bits per heavy atom. The minimum absolute atomic E-state index is 0.0573. The van der Waals surface area contributed by atoms with Gasteiger partial charge in [0.1, 0.15) is 17.5 Å². The van der Waals surface area contributed by atoms with Crippen molar-refractivity contribution in [3.8, 4) is 6.07 Å². The molecule has 1 aromatic carbocycles. The monoisotopic (exact) mass is 410 g/mol. The number of rotatable bonds is 4. The molecule has 3 rings (SSSR count). The van der Waals surface area contributed by atoms with E-state index in [-0.39, 0.29) is 24.7 Å². The molecular formula is C18H17F3N4O2S. The predicted molar refractivity (Wildman–Crippen MR) is 99.7 cm³/mol. The van der Waals surface area contributed by atoms with Gasteiger partial charge < -0.3 is 20.4 Å². The summed E-state index contributed by atoms with van der Waals surface area (Å²) in [5, 5.41) is 31.7. The maximum atomic E-state index is 13.6. The van der Waals surface area contributed by atoms with Crippen molar-refractivity contribution in [3.05, 3.63) is 41.5 Å². The predicted octanol–water partition coefficient (Wildman–Crippen LogP) is 2.98. The van der Waals surface area contributed by atoms with E-state index >= 15 is 0 Å². The second-order valence-corrected chi connectivity index (χ2v) is 7.07. The molecule has 0 saturated carbocycles. The van der Waals surface area contributed by atoms with Gasteiger partial charge in [0.15, 0.2) is 5.82 Å². The van der Waals surface area contributed by atoms with Crippen LogP contribution in [0.5, 0.6) is 0 Å². The third kappa shape index (κ3) is 4.01. The number of nitrogens with zero attached hydrogens (tertiary/aromatic N) is 3. The van der Waals surface area contributed by atoms with Crippen LogP contribution in [0.3, 0.4) is 0 Å². The van der Waals surface area contributed by atoms with Gasteiger partial charge in [-0.05, 0) is 24.5 Å². The molecule has 2 atom stereocenters. The van der Waals surface area contributed by atoms with E-state index in [0.29, 0.717) is 5.69 Å². The molecule has 0 bridgehead atoms. The summed E-state index contributed by atoms with van der Waals surface area (Å²) in [5.74, 6) is -0.309. The molecule has 0 radical (unpaired) electrons. The van der Waals surface area contributed by atoms with E-state index in [2.05, 4.69) is 10.3 Å². The number of hydrogen-bond acceptors (Lipinski definition) is 7. The van der Waals surface area contributed by atoms with Crippen molar-refractivity contribution in [3.63, 3.8) is 0 Å². The molecule has 3 N–H and O–H groups in total. The molecule has 10 heteroatoms. The molecule has 28 heavy (non-hydrogen) atoms. The minimum Gasteiger partial charge on any atom is -0.389 e. The fourth-order valence-electron chi connectivity index (χ4n) is 2.95. The van der Waals surface area contributed by atoms with E-state index in [1.54, 1.807) is 30.3 Å². The Kier molecular flexibility index (Phi) is 5.69. The van der Waals surface area contributed by atoms with Crippen LogP contribution in [0, 0.1) is 11.3 Å². The number of halogens is 3. The van der Waals surface area contributed by atoms with Crippen molar-refractivity contribution in [2.45, 2.75) is 23.3 Å². The van der Waals surface area contributed by atoms with Gasteiger partial charge in [-0.1, -0.05) is 12.1 Å². The first-order valence-corrected chi connectivity index (χ1v) is 9.50. The highest BCUT2D eigenvalue weighted by Crippen LogP contribution is 2.38. The number of pyridine rings is 1. The van der Waals surface area contributed by atoms with Crippen molar-refractivity contribution in [1.82, 2.24) is 4.98 Å². The molecule has 1 saturated heterocycles. The van der Waals surface area contributed by atoms with Gasteiger partial charge in [0.05, 0.1) is 23.5 Å². The Morgan fingerprint density at radius 2 is 1.89 bits per heavy atom. The van der Waals surface area contributed by atoms with Crippen LogP contribution in [0.25, 0.3) is 0 Å². The minimum atomic E-state index is -4.77. The second-order valence-electron chi connectivity index (χ2n) is 6.23. The highest BCUT2D eigenvalue weighted by Gasteiger charge is 2.38. The summed E-state index contributed by atoms with van der Waals surface area (Å²) in [6.07, 6.45) is -5.11. The Hall–Kier alpha value is -2.48. The molecular weight excluding hydrogens is 393 g/mol. The summed E-state index contributed by atoms with van der Waals surface area (Å²) in [4.78, 5) is 6.34. The molecule has 0 aliphatic carbocycles. The molecule has 0 unspecified atom stereocenters. The van der Waals surface area contributed by atoms with Gasteiger partial charge in [0.25, 0.3) is 0 Å². The zero-order valence-corrected chi connectivity index (χ0v) is 15.6. The third-order valence-corrected chi connectivity index (χ3v) is 5.16. The smallest absolute Gasteiger partial charge is 0.389 e. The molecule has 6 nitrogen and oxygen atoms in total. The molecule has 0 spiro atoms. The number of para-hydroxylation sites is 1. The lowest BCUT2D eigenvalue weighted by Gasteiger charge is -2.21. The fourth-order valence-corrected chi connectivity index (χ4v) is 3.51. The number of alkyl halides is 3. The molecule has 1 aliphatic heterocycles. The normalized spacial score (nSPS) is 19.5. The lowest BCUT2D eigenvalue weighted by Crippen LogP contribution is -2.24. The average Bonchev–Trinajstić information content (AvgIpc) is 2.99. The van der Waals surface area contributed by atoms with Crippen molar-refractivity contribution in [2.24, 2.45) is 0 Å². The Morgan fingerprint density at radius 3 is 2.46 bits per heavy atom. The topological polar surface area (TPSA) is 92.4 Å². The van der Waals surface area contributed by atoms with Gasteiger partial charge in [-0.2, -0.15) is 18.4 Å².